The molecule has 1 aromatic rings. The first-order valence-corrected chi connectivity index (χ1v) is 8.06. The van der Waals surface area contributed by atoms with E-state index in [4.69, 9.17) is 0 Å². The number of unbranched alkanes of at least 4 members (excludes halogenated alkanes) is 6. The third-order valence-corrected chi connectivity index (χ3v) is 3.60. The van der Waals surface area contributed by atoms with Gasteiger partial charge in [0.15, 0.2) is 0 Å². The summed E-state index contributed by atoms with van der Waals surface area (Å²) in [6.45, 7) is 4.29. The molecule has 20 heavy (non-hydrogen) atoms. The molecule has 0 radical (unpaired) electrons. The molecule has 4 nitrogen and oxygen atoms in total. The molecule has 0 aliphatic carbocycles. The van der Waals surface area contributed by atoms with Crippen molar-refractivity contribution in [3.05, 3.63) is 18.2 Å². The SMILES string of the molecule is CCCCCCCCCC(=O)NC(CC)c1ncc[nH]1. The molecule has 1 unspecified atom stereocenters. The third kappa shape index (κ3) is 6.73. The van der Waals surface area contributed by atoms with E-state index in [1.807, 2.05) is 0 Å². The summed E-state index contributed by atoms with van der Waals surface area (Å²) in [6.07, 6.45) is 13.7. The molecule has 2 N–H and O–H groups in total. The zero-order valence-electron chi connectivity index (χ0n) is 13.0. The highest BCUT2D eigenvalue weighted by molar-refractivity contribution is 5.76. The molecule has 1 rings (SSSR count). The number of amides is 1. The maximum absolute atomic E-state index is 11.9. The van der Waals surface area contributed by atoms with Gasteiger partial charge in [0.05, 0.1) is 6.04 Å². The zero-order valence-corrected chi connectivity index (χ0v) is 13.0. The number of carbonyl (C=O) groups excluding carboxylic acids is 1. The lowest BCUT2D eigenvalue weighted by Gasteiger charge is -2.14. The Labute approximate surface area is 122 Å². The van der Waals surface area contributed by atoms with Crippen molar-refractivity contribution in [3.8, 4) is 0 Å². The summed E-state index contributed by atoms with van der Waals surface area (Å²) >= 11 is 0. The van der Waals surface area contributed by atoms with Crippen molar-refractivity contribution < 1.29 is 4.79 Å². The fraction of sp³-hybridized carbons (Fsp3) is 0.750. The van der Waals surface area contributed by atoms with Crippen LogP contribution >= 0.6 is 0 Å². The molecule has 0 fully saturated rings. The van der Waals surface area contributed by atoms with Crippen LogP contribution < -0.4 is 5.32 Å². The van der Waals surface area contributed by atoms with Gasteiger partial charge in [0.2, 0.25) is 5.91 Å². The number of nitrogens with zero attached hydrogens (tertiary/aromatic N) is 1. The predicted octanol–water partition coefficient (Wildman–Crippen LogP) is 4.12. The van der Waals surface area contributed by atoms with Crippen molar-refractivity contribution in [1.29, 1.82) is 0 Å². The number of aromatic amines is 1. The second-order valence-electron chi connectivity index (χ2n) is 5.37. The Bertz CT molecular complexity index is 349. The van der Waals surface area contributed by atoms with Gasteiger partial charge in [-0.2, -0.15) is 0 Å². The summed E-state index contributed by atoms with van der Waals surface area (Å²) < 4.78 is 0. The molecule has 1 atom stereocenters. The van der Waals surface area contributed by atoms with E-state index in [1.54, 1.807) is 12.4 Å². The summed E-state index contributed by atoms with van der Waals surface area (Å²) in [7, 11) is 0. The van der Waals surface area contributed by atoms with Gasteiger partial charge in [-0.15, -0.1) is 0 Å². The fourth-order valence-corrected chi connectivity index (χ4v) is 2.34. The quantitative estimate of drug-likeness (QED) is 0.599. The van der Waals surface area contributed by atoms with E-state index in [9.17, 15) is 4.79 Å². The first-order chi connectivity index (χ1) is 9.77. The molecule has 0 aromatic carbocycles. The molecular formula is C16H29N3O. The van der Waals surface area contributed by atoms with Crippen LogP contribution in [0.25, 0.3) is 0 Å². The average molecular weight is 279 g/mol. The van der Waals surface area contributed by atoms with Gasteiger partial charge in [-0.1, -0.05) is 52.4 Å². The smallest absolute Gasteiger partial charge is 0.220 e. The molecule has 0 aliphatic rings. The molecule has 0 saturated heterocycles. The van der Waals surface area contributed by atoms with Crippen molar-refractivity contribution >= 4 is 5.91 Å². The van der Waals surface area contributed by atoms with Crippen molar-refractivity contribution in [2.24, 2.45) is 0 Å². The number of hydrogen-bond acceptors (Lipinski definition) is 2. The van der Waals surface area contributed by atoms with Crippen molar-refractivity contribution in [2.75, 3.05) is 0 Å². The van der Waals surface area contributed by atoms with E-state index >= 15 is 0 Å². The lowest BCUT2D eigenvalue weighted by Crippen LogP contribution is -2.28. The van der Waals surface area contributed by atoms with E-state index in [0.717, 1.165) is 25.1 Å². The lowest BCUT2D eigenvalue weighted by molar-refractivity contribution is -0.122. The van der Waals surface area contributed by atoms with Gasteiger partial charge >= 0.3 is 0 Å². The van der Waals surface area contributed by atoms with E-state index in [2.05, 4.69) is 29.1 Å². The van der Waals surface area contributed by atoms with E-state index in [1.165, 1.54) is 32.1 Å². The highest BCUT2D eigenvalue weighted by Gasteiger charge is 2.13. The molecular weight excluding hydrogens is 250 g/mol. The van der Waals surface area contributed by atoms with Crippen molar-refractivity contribution in [1.82, 2.24) is 15.3 Å². The average Bonchev–Trinajstić information content (AvgIpc) is 2.98. The number of nitrogens with one attached hydrogen (secondary N) is 2. The number of aromatic nitrogens is 2. The van der Waals surface area contributed by atoms with Gasteiger partial charge in [0, 0.05) is 18.8 Å². The predicted molar refractivity (Wildman–Crippen MR) is 82.4 cm³/mol. The normalized spacial score (nSPS) is 12.3. The van der Waals surface area contributed by atoms with E-state index in [-0.39, 0.29) is 11.9 Å². The maximum atomic E-state index is 11.9. The number of H-pyrrole nitrogens is 1. The molecule has 0 spiro atoms. The number of imidazole rings is 1. The van der Waals surface area contributed by atoms with Crippen molar-refractivity contribution in [3.63, 3.8) is 0 Å². The first-order valence-electron chi connectivity index (χ1n) is 8.06. The monoisotopic (exact) mass is 279 g/mol. The molecule has 1 amide bonds. The third-order valence-electron chi connectivity index (χ3n) is 3.60. The summed E-state index contributed by atoms with van der Waals surface area (Å²) in [5.41, 5.74) is 0. The molecule has 0 aliphatic heterocycles. The molecule has 0 bridgehead atoms. The molecule has 4 heteroatoms. The van der Waals surface area contributed by atoms with Crippen LogP contribution in [0.2, 0.25) is 0 Å². The van der Waals surface area contributed by atoms with Gasteiger partial charge in [0.1, 0.15) is 5.82 Å². The fourth-order valence-electron chi connectivity index (χ4n) is 2.34. The van der Waals surface area contributed by atoms with Gasteiger partial charge in [-0.3, -0.25) is 4.79 Å². The Kier molecular flexibility index (Phi) is 8.76. The van der Waals surface area contributed by atoms with E-state index in [0.29, 0.717) is 6.42 Å². The van der Waals surface area contributed by atoms with Crippen LogP contribution in [-0.2, 0) is 4.79 Å². The van der Waals surface area contributed by atoms with Gasteiger partial charge in [0.25, 0.3) is 0 Å². The Morgan fingerprint density at radius 3 is 2.50 bits per heavy atom. The lowest BCUT2D eigenvalue weighted by atomic mass is 10.1. The van der Waals surface area contributed by atoms with Crippen LogP contribution in [0.4, 0.5) is 0 Å². The minimum absolute atomic E-state index is 0.0158. The zero-order chi connectivity index (χ0) is 14.6. The van der Waals surface area contributed by atoms with Crippen LogP contribution in [0.15, 0.2) is 12.4 Å². The first kappa shape index (κ1) is 16.7. The maximum Gasteiger partial charge on any atom is 0.220 e. The highest BCUT2D eigenvalue weighted by atomic mass is 16.1. The van der Waals surface area contributed by atoms with Crippen LogP contribution in [0.1, 0.15) is 83.5 Å². The van der Waals surface area contributed by atoms with Crippen LogP contribution in [-0.4, -0.2) is 15.9 Å². The van der Waals surface area contributed by atoms with Crippen molar-refractivity contribution in [2.45, 2.75) is 77.7 Å². The van der Waals surface area contributed by atoms with Crippen LogP contribution in [0.5, 0.6) is 0 Å². The summed E-state index contributed by atoms with van der Waals surface area (Å²) in [4.78, 5) is 19.2. The topological polar surface area (TPSA) is 57.8 Å². The van der Waals surface area contributed by atoms with Gasteiger partial charge in [-0.25, -0.2) is 4.98 Å². The summed E-state index contributed by atoms with van der Waals surface area (Å²) in [5, 5.41) is 3.05. The van der Waals surface area contributed by atoms with Crippen LogP contribution in [0, 0.1) is 0 Å². The Morgan fingerprint density at radius 1 is 1.20 bits per heavy atom. The standard InChI is InChI=1S/C16H29N3O/c1-3-5-6-7-8-9-10-11-15(20)19-14(4-2)16-17-12-13-18-16/h12-14H,3-11H2,1-2H3,(H,17,18)(H,19,20). The minimum atomic E-state index is 0.0158. The molecule has 1 aromatic heterocycles. The van der Waals surface area contributed by atoms with Gasteiger partial charge < -0.3 is 10.3 Å². The second-order valence-corrected chi connectivity index (χ2v) is 5.37. The number of carbonyl (C=O) groups is 1. The van der Waals surface area contributed by atoms with E-state index < -0.39 is 0 Å². The number of hydrogen-bond donors (Lipinski definition) is 2. The molecule has 0 saturated carbocycles. The number of rotatable bonds is 11. The summed E-state index contributed by atoms with van der Waals surface area (Å²) in [6, 6.07) is 0.0158. The Balaban J connectivity index is 2.10. The minimum Gasteiger partial charge on any atom is -0.347 e. The Hall–Kier alpha value is -1.32. The second kappa shape index (κ2) is 10.5. The largest absolute Gasteiger partial charge is 0.347 e. The molecule has 1 heterocycles. The Morgan fingerprint density at radius 2 is 1.90 bits per heavy atom. The van der Waals surface area contributed by atoms with Crippen LogP contribution in [0.3, 0.4) is 0 Å². The highest BCUT2D eigenvalue weighted by Crippen LogP contribution is 2.13. The summed E-state index contributed by atoms with van der Waals surface area (Å²) in [5.74, 6) is 0.988. The molecule has 114 valence electrons. The van der Waals surface area contributed by atoms with Gasteiger partial charge in [-0.05, 0) is 12.8 Å².